The van der Waals surface area contributed by atoms with Gasteiger partial charge < -0.3 is 10.5 Å². The number of aromatic nitrogens is 3. The molecule has 1 aliphatic rings. The maximum atomic E-state index is 6.06. The van der Waals surface area contributed by atoms with Crippen LogP contribution in [0.1, 0.15) is 33.0 Å². The largest absolute Gasteiger partial charge is 0.489 e. The summed E-state index contributed by atoms with van der Waals surface area (Å²) in [5, 5.41) is 4.60. The zero-order chi connectivity index (χ0) is 15.0. The molecule has 21 heavy (non-hydrogen) atoms. The Kier molecular flexibility index (Phi) is 3.57. The van der Waals surface area contributed by atoms with Crippen LogP contribution in [0, 0.1) is 5.92 Å². The van der Waals surface area contributed by atoms with Gasteiger partial charge in [-0.15, -0.1) is 0 Å². The summed E-state index contributed by atoms with van der Waals surface area (Å²) in [7, 11) is 0. The molecule has 0 amide bonds. The minimum Gasteiger partial charge on any atom is -0.489 e. The number of fused-ring (bicyclic) bond motifs is 1. The van der Waals surface area contributed by atoms with Crippen molar-refractivity contribution >= 4 is 5.69 Å². The number of nitrogens with zero attached hydrogens (tertiary/aromatic N) is 3. The summed E-state index contributed by atoms with van der Waals surface area (Å²) in [5.41, 5.74) is 7.63. The third-order valence-electron chi connectivity index (χ3n) is 3.74. The van der Waals surface area contributed by atoms with E-state index in [0.29, 0.717) is 17.4 Å². The van der Waals surface area contributed by atoms with Gasteiger partial charge in [0.2, 0.25) is 0 Å². The monoisotopic (exact) mass is 286 g/mol. The van der Waals surface area contributed by atoms with Gasteiger partial charge in [-0.2, -0.15) is 5.10 Å². The molecule has 0 saturated carbocycles. The van der Waals surface area contributed by atoms with E-state index in [-0.39, 0.29) is 6.10 Å². The van der Waals surface area contributed by atoms with Gasteiger partial charge in [0.25, 0.3) is 0 Å². The van der Waals surface area contributed by atoms with Gasteiger partial charge in [-0.05, 0) is 44.4 Å². The van der Waals surface area contributed by atoms with Crippen LogP contribution in [0.2, 0.25) is 0 Å². The van der Waals surface area contributed by atoms with Crippen molar-refractivity contribution in [1.82, 2.24) is 14.8 Å². The number of ether oxygens (including phenoxy) is 1. The van der Waals surface area contributed by atoms with E-state index in [0.717, 1.165) is 30.2 Å². The summed E-state index contributed by atoms with van der Waals surface area (Å²) in [6.45, 7) is 7.18. The van der Waals surface area contributed by atoms with Crippen molar-refractivity contribution in [3.05, 3.63) is 24.0 Å². The number of hydrogen-bond acceptors (Lipinski definition) is 4. The maximum Gasteiger partial charge on any atom is 0.181 e. The van der Waals surface area contributed by atoms with Gasteiger partial charge in [0.15, 0.2) is 5.82 Å². The minimum atomic E-state index is 0.109. The van der Waals surface area contributed by atoms with Crippen molar-refractivity contribution in [2.45, 2.75) is 46.3 Å². The zero-order valence-corrected chi connectivity index (χ0v) is 12.8. The molecule has 3 rings (SSSR count). The maximum absolute atomic E-state index is 6.06. The van der Waals surface area contributed by atoms with Gasteiger partial charge in [0.1, 0.15) is 11.6 Å². The lowest BCUT2D eigenvalue weighted by Crippen LogP contribution is -2.18. The predicted molar refractivity (Wildman–Crippen MR) is 83.1 cm³/mol. The number of rotatable bonds is 3. The van der Waals surface area contributed by atoms with Crippen molar-refractivity contribution in [3.63, 3.8) is 0 Å². The van der Waals surface area contributed by atoms with Crippen LogP contribution in [0.3, 0.4) is 0 Å². The first-order valence-corrected chi connectivity index (χ1v) is 7.53. The molecule has 5 nitrogen and oxygen atoms in total. The molecular weight excluding hydrogens is 264 g/mol. The normalized spacial score (nSPS) is 17.8. The standard InChI is InChI=1S/C16H22N4O/c1-10(2)21-14-5-4-12(9-13(14)17)16-18-15-8-11(3)6-7-20(15)19-16/h4-5,9-11H,6-8,17H2,1-3H3. The van der Waals surface area contributed by atoms with E-state index in [2.05, 4.69) is 17.0 Å². The van der Waals surface area contributed by atoms with Crippen molar-refractivity contribution < 1.29 is 4.74 Å². The second kappa shape index (κ2) is 5.39. The summed E-state index contributed by atoms with van der Waals surface area (Å²) in [6, 6.07) is 5.76. The molecule has 1 unspecified atom stereocenters. The molecule has 1 aromatic heterocycles. The van der Waals surface area contributed by atoms with Crippen molar-refractivity contribution in [2.24, 2.45) is 5.92 Å². The van der Waals surface area contributed by atoms with E-state index < -0.39 is 0 Å². The Hall–Kier alpha value is -2.04. The fraction of sp³-hybridized carbons (Fsp3) is 0.500. The molecule has 112 valence electrons. The number of aryl methyl sites for hydroxylation is 1. The van der Waals surface area contributed by atoms with E-state index in [9.17, 15) is 0 Å². The van der Waals surface area contributed by atoms with Crippen molar-refractivity contribution in [2.75, 3.05) is 5.73 Å². The van der Waals surface area contributed by atoms with E-state index in [1.54, 1.807) is 0 Å². The first-order chi connectivity index (χ1) is 10.0. The van der Waals surface area contributed by atoms with Crippen LogP contribution < -0.4 is 10.5 Å². The molecule has 0 fully saturated rings. The highest BCUT2D eigenvalue weighted by atomic mass is 16.5. The zero-order valence-electron chi connectivity index (χ0n) is 12.8. The molecule has 0 aliphatic carbocycles. The van der Waals surface area contributed by atoms with Gasteiger partial charge in [-0.25, -0.2) is 9.67 Å². The Morgan fingerprint density at radius 2 is 2.19 bits per heavy atom. The minimum absolute atomic E-state index is 0.109. The summed E-state index contributed by atoms with van der Waals surface area (Å²) >= 11 is 0. The average Bonchev–Trinajstić information content (AvgIpc) is 2.83. The highest BCUT2D eigenvalue weighted by Gasteiger charge is 2.19. The molecule has 0 saturated heterocycles. The molecule has 1 atom stereocenters. The lowest BCUT2D eigenvalue weighted by atomic mass is 10.0. The Labute approximate surface area is 125 Å². The fourth-order valence-corrected chi connectivity index (χ4v) is 2.63. The smallest absolute Gasteiger partial charge is 0.181 e. The molecule has 1 aliphatic heterocycles. The number of hydrogen-bond donors (Lipinski definition) is 1. The van der Waals surface area contributed by atoms with E-state index >= 15 is 0 Å². The summed E-state index contributed by atoms with van der Waals surface area (Å²) < 4.78 is 7.68. The first-order valence-electron chi connectivity index (χ1n) is 7.53. The lowest BCUT2D eigenvalue weighted by molar-refractivity contribution is 0.244. The molecule has 1 aromatic carbocycles. The van der Waals surface area contributed by atoms with Gasteiger partial charge >= 0.3 is 0 Å². The molecule has 0 bridgehead atoms. The number of nitrogen functional groups attached to an aromatic ring is 1. The van der Waals surface area contributed by atoms with Crippen LogP contribution in [0.4, 0.5) is 5.69 Å². The first kappa shape index (κ1) is 13.9. The van der Waals surface area contributed by atoms with Gasteiger partial charge in [0.05, 0.1) is 11.8 Å². The lowest BCUT2D eigenvalue weighted by Gasteiger charge is -2.17. The third-order valence-corrected chi connectivity index (χ3v) is 3.74. The van der Waals surface area contributed by atoms with Crippen LogP contribution in [0.25, 0.3) is 11.4 Å². The highest BCUT2D eigenvalue weighted by molar-refractivity contribution is 5.66. The van der Waals surface area contributed by atoms with E-state index in [1.165, 1.54) is 6.42 Å². The third kappa shape index (κ3) is 2.86. The highest BCUT2D eigenvalue weighted by Crippen LogP contribution is 2.29. The van der Waals surface area contributed by atoms with Crippen LogP contribution >= 0.6 is 0 Å². The van der Waals surface area contributed by atoms with Gasteiger partial charge in [0, 0.05) is 18.5 Å². The Bertz CT molecular complexity index is 648. The van der Waals surface area contributed by atoms with Gasteiger partial charge in [-0.3, -0.25) is 0 Å². The second-order valence-corrected chi connectivity index (χ2v) is 6.09. The predicted octanol–water partition coefficient (Wildman–Crippen LogP) is 2.90. The molecule has 2 aromatic rings. The van der Waals surface area contributed by atoms with Crippen LogP contribution in [0.15, 0.2) is 18.2 Å². The van der Waals surface area contributed by atoms with E-state index in [1.807, 2.05) is 36.7 Å². The summed E-state index contributed by atoms with van der Waals surface area (Å²) in [5.74, 6) is 3.22. The second-order valence-electron chi connectivity index (χ2n) is 6.09. The van der Waals surface area contributed by atoms with Crippen molar-refractivity contribution in [3.8, 4) is 17.1 Å². The van der Waals surface area contributed by atoms with Crippen LogP contribution in [-0.4, -0.2) is 20.9 Å². The number of benzene rings is 1. The molecule has 0 spiro atoms. The Balaban J connectivity index is 1.89. The van der Waals surface area contributed by atoms with Crippen molar-refractivity contribution in [1.29, 1.82) is 0 Å². The molecule has 2 heterocycles. The quantitative estimate of drug-likeness (QED) is 0.881. The SMILES string of the molecule is CC1CCn2nc(-c3ccc(OC(C)C)c(N)c3)nc2C1. The molecule has 5 heteroatoms. The van der Waals surface area contributed by atoms with Crippen LogP contribution in [-0.2, 0) is 13.0 Å². The Morgan fingerprint density at radius 3 is 2.90 bits per heavy atom. The average molecular weight is 286 g/mol. The van der Waals surface area contributed by atoms with Gasteiger partial charge in [-0.1, -0.05) is 6.92 Å². The summed E-state index contributed by atoms with van der Waals surface area (Å²) in [4.78, 5) is 4.66. The van der Waals surface area contributed by atoms with E-state index in [4.69, 9.17) is 10.5 Å². The van der Waals surface area contributed by atoms with Crippen LogP contribution in [0.5, 0.6) is 5.75 Å². The number of anilines is 1. The number of nitrogens with two attached hydrogens (primary N) is 1. The molecular formula is C16H22N4O. The topological polar surface area (TPSA) is 66.0 Å². The summed E-state index contributed by atoms with van der Waals surface area (Å²) in [6.07, 6.45) is 2.27. The fourth-order valence-electron chi connectivity index (χ4n) is 2.63. The molecule has 0 radical (unpaired) electrons. The Morgan fingerprint density at radius 1 is 1.38 bits per heavy atom. The molecule has 2 N–H and O–H groups in total.